The molecule has 1 atom stereocenters. The molecular formula is C23H21ClN4O3S. The second-order valence-corrected chi connectivity index (χ2v) is 9.47. The highest BCUT2D eigenvalue weighted by Crippen LogP contribution is 2.22. The number of anilines is 2. The molecule has 0 aliphatic carbocycles. The number of rotatable bonds is 6. The second kappa shape index (κ2) is 8.64. The first kappa shape index (κ1) is 21.9. The van der Waals surface area contributed by atoms with Crippen molar-refractivity contribution >= 4 is 43.9 Å². The van der Waals surface area contributed by atoms with Gasteiger partial charge in [0.15, 0.2) is 0 Å². The van der Waals surface area contributed by atoms with Crippen molar-refractivity contribution in [1.29, 1.82) is 0 Å². The molecule has 7 nitrogen and oxygen atoms in total. The lowest BCUT2D eigenvalue weighted by atomic mass is 10.2. The normalized spacial score (nSPS) is 12.5. The molecule has 1 aromatic heterocycles. The number of fused-ring (bicyclic) bond motifs is 1. The Morgan fingerprint density at radius 1 is 0.938 bits per heavy atom. The van der Waals surface area contributed by atoms with E-state index in [1.165, 1.54) is 28.8 Å². The van der Waals surface area contributed by atoms with E-state index in [0.29, 0.717) is 27.4 Å². The van der Waals surface area contributed by atoms with E-state index in [4.69, 9.17) is 11.6 Å². The van der Waals surface area contributed by atoms with Crippen LogP contribution in [0.5, 0.6) is 0 Å². The van der Waals surface area contributed by atoms with Gasteiger partial charge in [0, 0.05) is 23.4 Å². The number of benzene rings is 3. The van der Waals surface area contributed by atoms with E-state index >= 15 is 0 Å². The van der Waals surface area contributed by atoms with Crippen molar-refractivity contribution in [3.05, 3.63) is 94.0 Å². The summed E-state index contributed by atoms with van der Waals surface area (Å²) in [5.74, 6) is 0.598. The van der Waals surface area contributed by atoms with Crippen LogP contribution in [-0.4, -0.2) is 18.0 Å². The number of para-hydroxylation sites is 1. The minimum absolute atomic E-state index is 0.105. The lowest BCUT2D eigenvalue weighted by molar-refractivity contribution is 0.601. The molecule has 4 aromatic rings. The number of aromatic nitrogens is 2. The molecule has 0 bridgehead atoms. The third kappa shape index (κ3) is 4.46. The zero-order valence-corrected chi connectivity index (χ0v) is 19.0. The maximum absolute atomic E-state index is 12.6. The van der Waals surface area contributed by atoms with Crippen LogP contribution in [0.15, 0.2) is 82.5 Å². The molecule has 1 unspecified atom stereocenters. The van der Waals surface area contributed by atoms with E-state index < -0.39 is 10.0 Å². The van der Waals surface area contributed by atoms with Gasteiger partial charge in [-0.3, -0.25) is 14.1 Å². The Balaban J connectivity index is 1.52. The largest absolute Gasteiger partial charge is 0.375 e. The van der Waals surface area contributed by atoms with Crippen LogP contribution in [0, 0.1) is 0 Å². The first-order valence-electron chi connectivity index (χ1n) is 9.85. The van der Waals surface area contributed by atoms with Gasteiger partial charge in [-0.2, -0.15) is 0 Å². The Hall–Kier alpha value is -3.36. The van der Waals surface area contributed by atoms with Gasteiger partial charge in [-0.05, 0) is 67.6 Å². The van der Waals surface area contributed by atoms with E-state index in [-0.39, 0.29) is 16.5 Å². The SMILES string of the molecule is CC(Nc1ccc(NS(=O)(=O)c2ccc(Cl)cc2)cc1)c1nc2ccccc2c(=O)n1C. The number of nitrogens with one attached hydrogen (secondary N) is 2. The summed E-state index contributed by atoms with van der Waals surface area (Å²) in [7, 11) is -2.02. The molecule has 164 valence electrons. The van der Waals surface area contributed by atoms with Gasteiger partial charge in [0.1, 0.15) is 5.82 Å². The van der Waals surface area contributed by atoms with Crippen LogP contribution < -0.4 is 15.6 Å². The van der Waals surface area contributed by atoms with E-state index in [9.17, 15) is 13.2 Å². The van der Waals surface area contributed by atoms with Crippen molar-refractivity contribution in [1.82, 2.24) is 9.55 Å². The minimum atomic E-state index is -3.72. The van der Waals surface area contributed by atoms with Crippen LogP contribution in [-0.2, 0) is 17.1 Å². The van der Waals surface area contributed by atoms with Crippen molar-refractivity contribution in [3.63, 3.8) is 0 Å². The summed E-state index contributed by atoms with van der Waals surface area (Å²) >= 11 is 5.83. The predicted octanol–water partition coefficient (Wildman–Crippen LogP) is 4.56. The summed E-state index contributed by atoms with van der Waals surface area (Å²) < 4.78 is 29.1. The maximum Gasteiger partial charge on any atom is 0.261 e. The van der Waals surface area contributed by atoms with Gasteiger partial charge in [0.05, 0.1) is 21.8 Å². The van der Waals surface area contributed by atoms with Gasteiger partial charge < -0.3 is 5.32 Å². The summed E-state index contributed by atoms with van der Waals surface area (Å²) in [5.41, 5.74) is 1.72. The van der Waals surface area contributed by atoms with Gasteiger partial charge >= 0.3 is 0 Å². The average Bonchev–Trinajstić information content (AvgIpc) is 2.77. The molecule has 32 heavy (non-hydrogen) atoms. The molecule has 3 aromatic carbocycles. The standard InChI is InChI=1S/C23H21ClN4O3S/c1-15(22-26-21-6-4-3-5-20(21)23(29)28(22)2)25-17-9-11-18(12-10-17)27-32(30,31)19-13-7-16(24)8-14-19/h3-15,25,27H,1-2H3. The summed E-state index contributed by atoms with van der Waals surface area (Å²) in [5, 5.41) is 4.34. The monoisotopic (exact) mass is 468 g/mol. The van der Waals surface area contributed by atoms with Crippen LogP contribution in [0.25, 0.3) is 10.9 Å². The van der Waals surface area contributed by atoms with Crippen molar-refractivity contribution in [2.75, 3.05) is 10.0 Å². The smallest absolute Gasteiger partial charge is 0.261 e. The van der Waals surface area contributed by atoms with E-state index in [0.717, 1.165) is 5.69 Å². The van der Waals surface area contributed by atoms with Crippen LogP contribution in [0.2, 0.25) is 5.02 Å². The van der Waals surface area contributed by atoms with Gasteiger partial charge in [0.25, 0.3) is 15.6 Å². The van der Waals surface area contributed by atoms with Crippen molar-refractivity contribution in [2.24, 2.45) is 7.05 Å². The molecule has 0 aliphatic heterocycles. The van der Waals surface area contributed by atoms with Crippen LogP contribution >= 0.6 is 11.6 Å². The third-order valence-corrected chi connectivity index (χ3v) is 6.70. The summed E-state index contributed by atoms with van der Waals surface area (Å²) in [6, 6.07) is 19.8. The molecule has 0 aliphatic rings. The number of hydrogen-bond acceptors (Lipinski definition) is 5. The average molecular weight is 469 g/mol. The number of halogens is 1. The fourth-order valence-electron chi connectivity index (χ4n) is 3.40. The highest BCUT2D eigenvalue weighted by atomic mass is 35.5. The van der Waals surface area contributed by atoms with E-state index in [1.807, 2.05) is 25.1 Å². The first-order valence-corrected chi connectivity index (χ1v) is 11.7. The fraction of sp³-hybridized carbons (Fsp3) is 0.130. The van der Waals surface area contributed by atoms with Gasteiger partial charge in [0.2, 0.25) is 0 Å². The molecule has 0 saturated carbocycles. The van der Waals surface area contributed by atoms with Gasteiger partial charge in [-0.15, -0.1) is 0 Å². The number of hydrogen-bond donors (Lipinski definition) is 2. The third-order valence-electron chi connectivity index (χ3n) is 5.05. The first-order chi connectivity index (χ1) is 15.2. The molecule has 0 radical (unpaired) electrons. The minimum Gasteiger partial charge on any atom is -0.375 e. The molecule has 4 rings (SSSR count). The van der Waals surface area contributed by atoms with Crippen molar-refractivity contribution < 1.29 is 8.42 Å². The topological polar surface area (TPSA) is 93.1 Å². The van der Waals surface area contributed by atoms with Crippen LogP contribution in [0.4, 0.5) is 11.4 Å². The molecule has 1 heterocycles. The van der Waals surface area contributed by atoms with Gasteiger partial charge in [-0.1, -0.05) is 23.7 Å². The van der Waals surface area contributed by atoms with Crippen LogP contribution in [0.3, 0.4) is 0 Å². The lowest BCUT2D eigenvalue weighted by Gasteiger charge is -2.18. The van der Waals surface area contributed by atoms with E-state index in [2.05, 4.69) is 15.0 Å². The second-order valence-electron chi connectivity index (χ2n) is 7.35. The Labute approximate surface area is 190 Å². The maximum atomic E-state index is 12.6. The highest BCUT2D eigenvalue weighted by Gasteiger charge is 2.16. The Bertz CT molecular complexity index is 1430. The number of sulfonamides is 1. The summed E-state index contributed by atoms with van der Waals surface area (Å²) in [6.07, 6.45) is 0. The zero-order chi connectivity index (χ0) is 22.9. The molecule has 0 fully saturated rings. The Morgan fingerprint density at radius 3 is 2.25 bits per heavy atom. The molecule has 0 saturated heterocycles. The zero-order valence-electron chi connectivity index (χ0n) is 17.4. The van der Waals surface area contributed by atoms with Crippen molar-refractivity contribution in [2.45, 2.75) is 17.9 Å². The summed E-state index contributed by atoms with van der Waals surface area (Å²) in [4.78, 5) is 17.4. The lowest BCUT2D eigenvalue weighted by Crippen LogP contribution is -2.26. The van der Waals surface area contributed by atoms with Crippen molar-refractivity contribution in [3.8, 4) is 0 Å². The predicted molar refractivity (Wildman–Crippen MR) is 128 cm³/mol. The number of nitrogens with zero attached hydrogens (tertiary/aromatic N) is 2. The molecule has 2 N–H and O–H groups in total. The molecule has 9 heteroatoms. The Kier molecular flexibility index (Phi) is 5.90. The summed E-state index contributed by atoms with van der Waals surface area (Å²) in [6.45, 7) is 1.91. The molecule has 0 amide bonds. The van der Waals surface area contributed by atoms with Gasteiger partial charge in [-0.25, -0.2) is 13.4 Å². The fourth-order valence-corrected chi connectivity index (χ4v) is 4.58. The van der Waals surface area contributed by atoms with Crippen LogP contribution in [0.1, 0.15) is 18.8 Å². The Morgan fingerprint density at radius 2 is 1.56 bits per heavy atom. The molecular weight excluding hydrogens is 448 g/mol. The highest BCUT2D eigenvalue weighted by molar-refractivity contribution is 7.92. The van der Waals surface area contributed by atoms with E-state index in [1.54, 1.807) is 37.4 Å². The molecule has 0 spiro atoms. The quantitative estimate of drug-likeness (QED) is 0.432.